The lowest BCUT2D eigenvalue weighted by Crippen LogP contribution is -2.27. The Kier molecular flexibility index (Phi) is 15.1. The van der Waals surface area contributed by atoms with Gasteiger partial charge in [0, 0.05) is 19.3 Å². The summed E-state index contributed by atoms with van der Waals surface area (Å²) in [6, 6.07) is 0. The number of carboxylic acid groups (broad SMARTS) is 1. The zero-order valence-corrected chi connectivity index (χ0v) is 19.3. The summed E-state index contributed by atoms with van der Waals surface area (Å²) in [6.45, 7) is 11.2. The van der Waals surface area contributed by atoms with Crippen molar-refractivity contribution >= 4 is 23.5 Å². The van der Waals surface area contributed by atoms with Gasteiger partial charge in [0.2, 0.25) is 0 Å². The van der Waals surface area contributed by atoms with Gasteiger partial charge in [0.25, 0.3) is 0 Å². The Morgan fingerprint density at radius 1 is 0.815 bits per heavy atom. The van der Waals surface area contributed by atoms with Crippen LogP contribution in [0, 0.1) is 17.3 Å². The van der Waals surface area contributed by atoms with Gasteiger partial charge in [-0.1, -0.05) is 60.3 Å². The molecule has 1 N–H and O–H groups in total. The van der Waals surface area contributed by atoms with E-state index in [1.807, 2.05) is 11.8 Å². The number of carbonyl (C=O) groups excluding carboxylic acids is 1. The number of unbranched alkanes of at least 4 members (excludes halogenated alkanes) is 6. The van der Waals surface area contributed by atoms with E-state index in [1.165, 1.54) is 31.4 Å². The summed E-state index contributed by atoms with van der Waals surface area (Å²) in [5.41, 5.74) is 0.206. The first-order chi connectivity index (χ1) is 12.6. The van der Waals surface area contributed by atoms with Crippen LogP contribution in [0.2, 0.25) is 0 Å². The van der Waals surface area contributed by atoms with E-state index in [1.54, 1.807) is 0 Å². The molecule has 0 aromatic carbocycles. The summed E-state index contributed by atoms with van der Waals surface area (Å²) in [6.07, 6.45) is 10.7. The summed E-state index contributed by atoms with van der Waals surface area (Å²) >= 11 is 1.99. The fourth-order valence-corrected chi connectivity index (χ4v) is 4.73. The zero-order valence-electron chi connectivity index (χ0n) is 18.5. The highest BCUT2D eigenvalue weighted by molar-refractivity contribution is 7.99. The van der Waals surface area contributed by atoms with Crippen LogP contribution < -0.4 is 0 Å². The summed E-state index contributed by atoms with van der Waals surface area (Å²) in [7, 11) is 0. The summed E-state index contributed by atoms with van der Waals surface area (Å²) in [5.74, 6) is 3.16. The molecule has 160 valence electrons. The molecule has 0 aromatic heterocycles. The van der Waals surface area contributed by atoms with E-state index in [0.29, 0.717) is 24.0 Å². The Morgan fingerprint density at radius 2 is 1.30 bits per heavy atom. The molecular weight excluding hydrogens is 356 g/mol. The van der Waals surface area contributed by atoms with Crippen LogP contribution in [0.15, 0.2) is 0 Å². The van der Waals surface area contributed by atoms with E-state index in [2.05, 4.69) is 34.6 Å². The van der Waals surface area contributed by atoms with Gasteiger partial charge in [0.1, 0.15) is 5.78 Å². The summed E-state index contributed by atoms with van der Waals surface area (Å²) < 4.78 is 0. The smallest absolute Gasteiger partial charge is 0.303 e. The molecular formula is C23H44O3S. The predicted molar refractivity (Wildman–Crippen MR) is 119 cm³/mol. The number of ketones is 1. The second-order valence-electron chi connectivity index (χ2n) is 9.29. The number of rotatable bonds is 17. The quantitative estimate of drug-likeness (QED) is 0.267. The monoisotopic (exact) mass is 400 g/mol. The first-order valence-corrected chi connectivity index (χ1v) is 12.1. The molecule has 27 heavy (non-hydrogen) atoms. The van der Waals surface area contributed by atoms with Crippen LogP contribution in [0.4, 0.5) is 0 Å². The lowest BCUT2D eigenvalue weighted by atomic mass is 9.71. The number of carbonyl (C=O) groups is 2. The third kappa shape index (κ3) is 16.2. The lowest BCUT2D eigenvalue weighted by Gasteiger charge is -2.33. The van der Waals surface area contributed by atoms with Crippen molar-refractivity contribution in [3.05, 3.63) is 0 Å². The van der Waals surface area contributed by atoms with E-state index >= 15 is 0 Å². The third-order valence-electron chi connectivity index (χ3n) is 5.29. The minimum atomic E-state index is -0.682. The highest BCUT2D eigenvalue weighted by Gasteiger charge is 2.29. The average molecular weight is 401 g/mol. The Labute approximate surface area is 172 Å². The van der Waals surface area contributed by atoms with Crippen molar-refractivity contribution in [3.8, 4) is 0 Å². The van der Waals surface area contributed by atoms with Gasteiger partial charge in [-0.2, -0.15) is 11.8 Å². The first kappa shape index (κ1) is 26.5. The molecule has 0 amide bonds. The fourth-order valence-electron chi connectivity index (χ4n) is 3.71. The van der Waals surface area contributed by atoms with Gasteiger partial charge in [-0.3, -0.25) is 9.59 Å². The summed E-state index contributed by atoms with van der Waals surface area (Å²) in [4.78, 5) is 22.7. The molecule has 0 saturated heterocycles. The van der Waals surface area contributed by atoms with Crippen LogP contribution in [0.3, 0.4) is 0 Å². The highest BCUT2D eigenvalue weighted by Crippen LogP contribution is 2.35. The average Bonchev–Trinajstić information content (AvgIpc) is 2.55. The fraction of sp³-hybridized carbons (Fsp3) is 0.913. The number of Topliss-reactive ketones (excluding diaryl/α,β-unsaturated/α-hetero) is 1. The van der Waals surface area contributed by atoms with Crippen molar-refractivity contribution in [2.75, 3.05) is 11.5 Å². The predicted octanol–water partition coefficient (Wildman–Crippen LogP) is 6.98. The van der Waals surface area contributed by atoms with E-state index in [0.717, 1.165) is 44.3 Å². The number of thioether (sulfide) groups is 1. The lowest BCUT2D eigenvalue weighted by molar-refractivity contribution is -0.137. The van der Waals surface area contributed by atoms with E-state index in [9.17, 15) is 9.59 Å². The Bertz CT molecular complexity index is 399. The van der Waals surface area contributed by atoms with Crippen molar-refractivity contribution < 1.29 is 14.7 Å². The first-order valence-electron chi connectivity index (χ1n) is 11.0. The van der Waals surface area contributed by atoms with Gasteiger partial charge in [-0.05, 0) is 54.4 Å². The molecule has 0 rings (SSSR count). The van der Waals surface area contributed by atoms with Crippen LogP contribution in [0.5, 0.6) is 0 Å². The number of hydrogen-bond acceptors (Lipinski definition) is 3. The van der Waals surface area contributed by atoms with Crippen molar-refractivity contribution in [2.24, 2.45) is 17.3 Å². The molecule has 0 aliphatic heterocycles. The minimum absolute atomic E-state index is 0.206. The van der Waals surface area contributed by atoms with Crippen LogP contribution in [-0.4, -0.2) is 28.4 Å². The molecule has 0 radical (unpaired) electrons. The molecule has 4 heteroatoms. The third-order valence-corrected chi connectivity index (χ3v) is 6.44. The zero-order chi connectivity index (χ0) is 20.7. The molecule has 1 atom stereocenters. The van der Waals surface area contributed by atoms with Crippen LogP contribution in [-0.2, 0) is 9.59 Å². The Hall–Kier alpha value is -0.510. The maximum absolute atomic E-state index is 12.3. The highest BCUT2D eigenvalue weighted by atomic mass is 32.2. The van der Waals surface area contributed by atoms with E-state index in [4.69, 9.17) is 5.11 Å². The van der Waals surface area contributed by atoms with Crippen molar-refractivity contribution in [2.45, 2.75) is 105 Å². The Balaban J connectivity index is 3.51. The van der Waals surface area contributed by atoms with Gasteiger partial charge >= 0.3 is 5.97 Å². The topological polar surface area (TPSA) is 54.4 Å². The molecule has 0 aromatic rings. The summed E-state index contributed by atoms with van der Waals surface area (Å²) in [5, 5.41) is 8.57. The molecule has 0 heterocycles. The maximum Gasteiger partial charge on any atom is 0.303 e. The molecule has 0 saturated carbocycles. The number of hydrogen-bond donors (Lipinski definition) is 1. The van der Waals surface area contributed by atoms with Gasteiger partial charge in [-0.15, -0.1) is 0 Å². The maximum atomic E-state index is 12.3. The van der Waals surface area contributed by atoms with Gasteiger partial charge in [-0.25, -0.2) is 0 Å². The molecule has 0 bridgehead atoms. The van der Waals surface area contributed by atoms with E-state index in [-0.39, 0.29) is 5.41 Å². The van der Waals surface area contributed by atoms with Crippen molar-refractivity contribution in [1.82, 2.24) is 0 Å². The molecule has 0 aliphatic carbocycles. The normalized spacial score (nSPS) is 13.1. The Morgan fingerprint density at radius 3 is 1.81 bits per heavy atom. The number of carboxylic acids is 1. The molecule has 0 aliphatic rings. The van der Waals surface area contributed by atoms with Crippen LogP contribution in [0.25, 0.3) is 0 Å². The second-order valence-corrected chi connectivity index (χ2v) is 10.5. The van der Waals surface area contributed by atoms with E-state index < -0.39 is 5.97 Å². The SMILES string of the molecule is CC(C)C(CC(=O)CCCCCCCSCCCCCC(=O)O)C(C)(C)C. The largest absolute Gasteiger partial charge is 0.481 e. The second kappa shape index (κ2) is 15.4. The molecule has 0 fully saturated rings. The molecule has 1 unspecified atom stereocenters. The number of aliphatic carboxylic acids is 1. The van der Waals surface area contributed by atoms with Gasteiger partial charge < -0.3 is 5.11 Å². The van der Waals surface area contributed by atoms with Crippen LogP contribution in [0.1, 0.15) is 105 Å². The molecule has 0 spiro atoms. The van der Waals surface area contributed by atoms with Crippen molar-refractivity contribution in [3.63, 3.8) is 0 Å². The van der Waals surface area contributed by atoms with Crippen molar-refractivity contribution in [1.29, 1.82) is 0 Å². The standard InChI is InChI=1S/C23H44O3S/c1-19(2)21(23(3,4)5)18-20(24)14-10-7-6-8-12-16-27-17-13-9-11-15-22(25)26/h19,21H,6-18H2,1-5H3,(H,25,26). The van der Waals surface area contributed by atoms with Crippen LogP contribution >= 0.6 is 11.8 Å². The van der Waals surface area contributed by atoms with Gasteiger partial charge in [0.15, 0.2) is 0 Å². The molecule has 3 nitrogen and oxygen atoms in total. The van der Waals surface area contributed by atoms with Gasteiger partial charge in [0.05, 0.1) is 0 Å². The minimum Gasteiger partial charge on any atom is -0.481 e.